The predicted octanol–water partition coefficient (Wildman–Crippen LogP) is 6.45. The maximum atomic E-state index is 16.8. The average molecular weight is 639 g/mol. The van der Waals surface area contributed by atoms with Crippen LogP contribution >= 0.6 is 11.6 Å². The van der Waals surface area contributed by atoms with Gasteiger partial charge in [-0.3, -0.25) is 4.90 Å². The van der Waals surface area contributed by atoms with Gasteiger partial charge in [-0.25, -0.2) is 18.2 Å². The number of pyridine rings is 1. The standard InChI is InChI=1S/C33H34ClF3N6O2/c1-3-23-21-12-19(39-23)13-38-29-25-28(41-31(42-29)44-16-32-10-11-43(32)15-33(36,37)14-32)26(35)27(40-30(25)45-17(21)2)20-8-4-6-18-7-5-9-22(34)24(18)20/h4-9,17,19,21,23,39H,3,10-16H2,1-2H3,(H,38,41,42)/t17-,19+,21+,23-,32-/m0/s1. The minimum atomic E-state index is -2.78. The number of ether oxygens (including phenoxy) is 2. The third kappa shape index (κ3) is 4.77. The Morgan fingerprint density at radius 2 is 1.96 bits per heavy atom. The average Bonchev–Trinajstić information content (AvgIpc) is 3.51. The summed E-state index contributed by atoms with van der Waals surface area (Å²) in [7, 11) is 0. The summed E-state index contributed by atoms with van der Waals surface area (Å²) < 4.78 is 58.2. The lowest BCUT2D eigenvalue weighted by atomic mass is 9.85. The summed E-state index contributed by atoms with van der Waals surface area (Å²) in [6, 6.07) is 11.4. The minimum Gasteiger partial charge on any atom is -0.474 e. The van der Waals surface area contributed by atoms with Crippen LogP contribution in [0.4, 0.5) is 19.0 Å². The number of anilines is 1. The summed E-state index contributed by atoms with van der Waals surface area (Å²) in [5, 5.41) is 9.38. The van der Waals surface area contributed by atoms with Crippen LogP contribution in [0.2, 0.25) is 5.02 Å². The van der Waals surface area contributed by atoms with E-state index in [0.717, 1.165) is 18.2 Å². The molecule has 3 fully saturated rings. The van der Waals surface area contributed by atoms with Crippen LogP contribution in [0, 0.1) is 11.7 Å². The minimum absolute atomic E-state index is 0.0174. The topological polar surface area (TPSA) is 84.4 Å². The largest absolute Gasteiger partial charge is 0.474 e. The van der Waals surface area contributed by atoms with Crippen molar-refractivity contribution < 1.29 is 22.6 Å². The van der Waals surface area contributed by atoms with Crippen LogP contribution in [-0.4, -0.2) is 75.7 Å². The van der Waals surface area contributed by atoms with Gasteiger partial charge in [-0.05, 0) is 37.6 Å². The second-order valence-electron chi connectivity index (χ2n) is 13.0. The Kier molecular flexibility index (Phi) is 6.82. The zero-order chi connectivity index (χ0) is 31.1. The molecule has 0 saturated carbocycles. The van der Waals surface area contributed by atoms with Gasteiger partial charge in [0, 0.05) is 53.5 Å². The molecule has 2 aromatic carbocycles. The van der Waals surface area contributed by atoms with Crippen molar-refractivity contribution in [3.05, 3.63) is 47.2 Å². The van der Waals surface area contributed by atoms with E-state index in [1.807, 2.05) is 31.2 Å². The van der Waals surface area contributed by atoms with E-state index in [1.54, 1.807) is 17.0 Å². The van der Waals surface area contributed by atoms with Crippen molar-refractivity contribution in [2.24, 2.45) is 5.92 Å². The van der Waals surface area contributed by atoms with Crippen LogP contribution in [0.25, 0.3) is 32.9 Å². The van der Waals surface area contributed by atoms with E-state index in [-0.39, 0.29) is 66.8 Å². The lowest BCUT2D eigenvalue weighted by Crippen LogP contribution is -2.59. The van der Waals surface area contributed by atoms with Gasteiger partial charge in [-0.2, -0.15) is 9.97 Å². The third-order valence-electron chi connectivity index (χ3n) is 10.2. The van der Waals surface area contributed by atoms with Crippen LogP contribution in [0.15, 0.2) is 36.4 Å². The van der Waals surface area contributed by atoms with Gasteiger partial charge in [-0.15, -0.1) is 0 Å². The number of rotatable bonds is 5. The molecule has 0 aliphatic carbocycles. The van der Waals surface area contributed by atoms with Gasteiger partial charge in [0.15, 0.2) is 5.82 Å². The molecule has 0 radical (unpaired) electrons. The quantitative estimate of drug-likeness (QED) is 0.258. The molecule has 2 N–H and O–H groups in total. The van der Waals surface area contributed by atoms with E-state index in [4.69, 9.17) is 26.1 Å². The highest BCUT2D eigenvalue weighted by atomic mass is 35.5. The Morgan fingerprint density at radius 3 is 2.71 bits per heavy atom. The zero-order valence-electron chi connectivity index (χ0n) is 25.0. The van der Waals surface area contributed by atoms with E-state index in [2.05, 4.69) is 27.5 Å². The Labute approximate surface area is 263 Å². The Balaban J connectivity index is 1.29. The van der Waals surface area contributed by atoms with E-state index >= 15 is 4.39 Å². The normalized spacial score (nSPS) is 28.8. The Bertz CT molecular complexity index is 1820. The molecule has 4 aliphatic heterocycles. The number of benzene rings is 2. The summed E-state index contributed by atoms with van der Waals surface area (Å²) in [5.74, 6) is -2.69. The first-order chi connectivity index (χ1) is 21.6. The van der Waals surface area contributed by atoms with E-state index in [0.29, 0.717) is 46.7 Å². The molecule has 2 bridgehead atoms. The van der Waals surface area contributed by atoms with Crippen molar-refractivity contribution in [3.63, 3.8) is 0 Å². The van der Waals surface area contributed by atoms with Crippen molar-refractivity contribution in [2.75, 3.05) is 31.6 Å². The number of nitrogens with one attached hydrogen (secondary N) is 2. The molecule has 4 aromatic rings. The highest BCUT2D eigenvalue weighted by Gasteiger charge is 2.60. The van der Waals surface area contributed by atoms with E-state index in [1.165, 1.54) is 0 Å². The van der Waals surface area contributed by atoms with Crippen LogP contribution in [-0.2, 0) is 0 Å². The number of aromatic nitrogens is 3. The number of hydrogen-bond donors (Lipinski definition) is 2. The number of hydrogen-bond acceptors (Lipinski definition) is 8. The first-order valence-corrected chi connectivity index (χ1v) is 16.0. The highest BCUT2D eigenvalue weighted by molar-refractivity contribution is 6.36. The van der Waals surface area contributed by atoms with Gasteiger partial charge in [-0.1, -0.05) is 48.9 Å². The molecule has 2 aromatic heterocycles. The lowest BCUT2D eigenvalue weighted by Gasteiger charge is -2.46. The van der Waals surface area contributed by atoms with Crippen LogP contribution in [0.3, 0.4) is 0 Å². The summed E-state index contributed by atoms with van der Waals surface area (Å²) in [4.78, 5) is 15.8. The molecule has 45 heavy (non-hydrogen) atoms. The van der Waals surface area contributed by atoms with Crippen molar-refractivity contribution in [1.82, 2.24) is 25.2 Å². The molecule has 12 heteroatoms. The number of fused-ring (bicyclic) bond motifs is 4. The summed E-state index contributed by atoms with van der Waals surface area (Å²) in [6.45, 7) is 5.00. The van der Waals surface area contributed by atoms with Crippen molar-refractivity contribution in [1.29, 1.82) is 0 Å². The summed E-state index contributed by atoms with van der Waals surface area (Å²) in [6.07, 6.45) is 1.90. The third-order valence-corrected chi connectivity index (χ3v) is 10.5. The van der Waals surface area contributed by atoms with Crippen LogP contribution in [0.5, 0.6) is 11.9 Å². The van der Waals surface area contributed by atoms with Gasteiger partial charge < -0.3 is 20.1 Å². The van der Waals surface area contributed by atoms with Gasteiger partial charge in [0.25, 0.3) is 5.92 Å². The summed E-state index contributed by atoms with van der Waals surface area (Å²) >= 11 is 6.66. The molecule has 8 nitrogen and oxygen atoms in total. The number of alkyl halides is 2. The maximum Gasteiger partial charge on any atom is 0.319 e. The first-order valence-electron chi connectivity index (χ1n) is 15.7. The van der Waals surface area contributed by atoms with Crippen molar-refractivity contribution >= 4 is 39.1 Å². The molecule has 4 aliphatic rings. The maximum absolute atomic E-state index is 16.8. The molecule has 0 unspecified atom stereocenters. The fourth-order valence-electron chi connectivity index (χ4n) is 7.88. The Morgan fingerprint density at radius 1 is 1.13 bits per heavy atom. The molecule has 6 heterocycles. The van der Waals surface area contributed by atoms with Gasteiger partial charge in [0.05, 0.1) is 12.1 Å². The molecular formula is C33H34ClF3N6O2. The van der Waals surface area contributed by atoms with Gasteiger partial charge in [0.2, 0.25) is 5.88 Å². The van der Waals surface area contributed by atoms with Crippen molar-refractivity contribution in [3.8, 4) is 23.1 Å². The van der Waals surface area contributed by atoms with E-state index < -0.39 is 17.3 Å². The van der Waals surface area contributed by atoms with Crippen LogP contribution < -0.4 is 20.1 Å². The van der Waals surface area contributed by atoms with Crippen molar-refractivity contribution in [2.45, 2.75) is 69.2 Å². The fraction of sp³-hybridized carbons (Fsp3) is 0.485. The van der Waals surface area contributed by atoms with E-state index in [9.17, 15) is 8.78 Å². The predicted molar refractivity (Wildman–Crippen MR) is 167 cm³/mol. The Hall–Kier alpha value is -3.41. The molecular weight excluding hydrogens is 605 g/mol. The van der Waals surface area contributed by atoms with Gasteiger partial charge in [0.1, 0.15) is 35.1 Å². The molecule has 0 amide bonds. The fourth-order valence-corrected chi connectivity index (χ4v) is 8.17. The SMILES string of the molecule is CC[C@@H]1N[C@H]2CNc3nc(OC[C@@]45CCN4CC(F)(F)C5)nc4c(F)c(-c5cccc6cccc(Cl)c56)nc(c34)O[C@@H](C)[C@H]1C2. The number of nitrogens with zero attached hydrogens (tertiary/aromatic N) is 4. The molecule has 5 atom stereocenters. The second kappa shape index (κ2) is 10.6. The molecule has 236 valence electrons. The first kappa shape index (κ1) is 29.0. The summed E-state index contributed by atoms with van der Waals surface area (Å²) in [5.41, 5.74) is -0.250. The number of halogens is 4. The second-order valence-corrected chi connectivity index (χ2v) is 13.4. The van der Waals surface area contributed by atoms with Crippen LogP contribution in [0.1, 0.15) is 39.5 Å². The van der Waals surface area contributed by atoms with Gasteiger partial charge >= 0.3 is 6.01 Å². The molecule has 0 spiro atoms. The monoisotopic (exact) mass is 638 g/mol. The molecule has 8 rings (SSSR count). The lowest BCUT2D eigenvalue weighted by molar-refractivity contribution is -0.0132. The highest BCUT2D eigenvalue weighted by Crippen LogP contribution is 2.48. The smallest absolute Gasteiger partial charge is 0.319 e. The zero-order valence-corrected chi connectivity index (χ0v) is 25.8. The molecule has 3 saturated heterocycles.